The molecule has 1 fully saturated rings. The average molecular weight is 322 g/mol. The molecule has 3 rings (SSSR count). The van der Waals surface area contributed by atoms with Gasteiger partial charge >= 0.3 is 0 Å². The molecule has 3 N–H and O–H groups in total. The molecule has 0 spiro atoms. The Balaban J connectivity index is 2.05. The van der Waals surface area contributed by atoms with E-state index >= 15 is 0 Å². The Kier molecular flexibility index (Phi) is 4.76. The molecule has 124 valence electrons. The van der Waals surface area contributed by atoms with Crippen LogP contribution in [-0.4, -0.2) is 24.8 Å². The van der Waals surface area contributed by atoms with Gasteiger partial charge in [-0.2, -0.15) is 0 Å². The molecule has 0 radical (unpaired) electrons. The van der Waals surface area contributed by atoms with E-state index in [0.29, 0.717) is 11.1 Å². The van der Waals surface area contributed by atoms with Crippen LogP contribution in [0.15, 0.2) is 48.5 Å². The Labute approximate surface area is 142 Å². The fraction of sp³-hybridized carbons (Fsp3) is 0.300. The zero-order valence-electron chi connectivity index (χ0n) is 13.8. The molecule has 0 aliphatic carbocycles. The van der Waals surface area contributed by atoms with Crippen LogP contribution in [-0.2, 0) is 0 Å². The van der Waals surface area contributed by atoms with Crippen molar-refractivity contribution in [2.24, 2.45) is 5.73 Å². The second-order valence-corrected chi connectivity index (χ2v) is 6.32. The highest BCUT2D eigenvalue weighted by molar-refractivity contribution is 6.05. The first-order chi connectivity index (χ1) is 11.6. The molecule has 1 saturated heterocycles. The predicted octanol–water partition coefficient (Wildman–Crippen LogP) is 2.85. The normalized spacial score (nSPS) is 18.3. The van der Waals surface area contributed by atoms with E-state index in [1.54, 1.807) is 12.1 Å². The van der Waals surface area contributed by atoms with E-state index in [0.717, 1.165) is 30.6 Å². The van der Waals surface area contributed by atoms with Crippen LogP contribution in [0.1, 0.15) is 57.0 Å². The molecule has 1 aliphatic rings. The number of rotatable bonds is 5. The lowest BCUT2D eigenvalue weighted by Crippen LogP contribution is -2.21. The molecule has 4 nitrogen and oxygen atoms in total. The van der Waals surface area contributed by atoms with Gasteiger partial charge in [0.15, 0.2) is 5.78 Å². The quantitative estimate of drug-likeness (QED) is 0.832. The van der Waals surface area contributed by atoms with Crippen LogP contribution in [0.2, 0.25) is 0 Å². The largest absolute Gasteiger partial charge is 0.366 e. The van der Waals surface area contributed by atoms with Crippen molar-refractivity contribution in [3.63, 3.8) is 0 Å². The van der Waals surface area contributed by atoms with Crippen molar-refractivity contribution in [2.45, 2.75) is 25.2 Å². The predicted molar refractivity (Wildman–Crippen MR) is 94.4 cm³/mol. The molecule has 2 aromatic rings. The lowest BCUT2D eigenvalue weighted by Gasteiger charge is -2.20. The lowest BCUT2D eigenvalue weighted by molar-refractivity contribution is 0.0964. The van der Waals surface area contributed by atoms with E-state index in [2.05, 4.69) is 5.32 Å². The molecule has 24 heavy (non-hydrogen) atoms. The van der Waals surface area contributed by atoms with Crippen LogP contribution in [0.5, 0.6) is 0 Å². The summed E-state index contributed by atoms with van der Waals surface area (Å²) >= 11 is 0. The Morgan fingerprint density at radius 2 is 1.79 bits per heavy atom. The second-order valence-electron chi connectivity index (χ2n) is 6.32. The SMILES string of the molecule is CC(C(=O)c1cccc(C(N)=O)c1C1CCNC1)c1ccccc1. The van der Waals surface area contributed by atoms with E-state index in [-0.39, 0.29) is 17.6 Å². The number of benzene rings is 2. The summed E-state index contributed by atoms with van der Waals surface area (Å²) in [6.45, 7) is 3.56. The maximum absolute atomic E-state index is 13.1. The third kappa shape index (κ3) is 3.10. The van der Waals surface area contributed by atoms with Gasteiger partial charge in [0, 0.05) is 23.6 Å². The molecule has 0 aromatic heterocycles. The zero-order chi connectivity index (χ0) is 17.1. The number of carbonyl (C=O) groups excluding carboxylic acids is 2. The number of amides is 1. The summed E-state index contributed by atoms with van der Waals surface area (Å²) in [5.74, 6) is -0.553. The van der Waals surface area contributed by atoms with E-state index < -0.39 is 5.91 Å². The summed E-state index contributed by atoms with van der Waals surface area (Å²) in [5, 5.41) is 3.30. The third-order valence-electron chi connectivity index (χ3n) is 4.80. The van der Waals surface area contributed by atoms with Crippen LogP contribution in [0.25, 0.3) is 0 Å². The molecule has 2 atom stereocenters. The van der Waals surface area contributed by atoms with Gasteiger partial charge in [-0.1, -0.05) is 49.4 Å². The first-order valence-electron chi connectivity index (χ1n) is 8.32. The first-order valence-corrected chi connectivity index (χ1v) is 8.32. The minimum atomic E-state index is -0.473. The maximum atomic E-state index is 13.1. The minimum Gasteiger partial charge on any atom is -0.366 e. The number of Topliss-reactive ketones (excluding diaryl/α,β-unsaturated/α-hetero) is 1. The average Bonchev–Trinajstić information content (AvgIpc) is 3.14. The van der Waals surface area contributed by atoms with Crippen LogP contribution < -0.4 is 11.1 Å². The third-order valence-corrected chi connectivity index (χ3v) is 4.80. The van der Waals surface area contributed by atoms with Gasteiger partial charge in [-0.3, -0.25) is 9.59 Å². The van der Waals surface area contributed by atoms with E-state index in [4.69, 9.17) is 5.73 Å². The number of carbonyl (C=O) groups is 2. The van der Waals surface area contributed by atoms with Crippen LogP contribution in [0.3, 0.4) is 0 Å². The molecule has 1 amide bonds. The molecule has 2 unspecified atom stereocenters. The van der Waals surface area contributed by atoms with Gasteiger partial charge in [0.2, 0.25) is 5.91 Å². The Bertz CT molecular complexity index is 749. The summed E-state index contributed by atoms with van der Waals surface area (Å²) in [5.41, 5.74) is 8.44. The second kappa shape index (κ2) is 6.97. The van der Waals surface area contributed by atoms with Gasteiger partial charge in [-0.15, -0.1) is 0 Å². The highest BCUT2D eigenvalue weighted by Gasteiger charge is 2.28. The number of primary amides is 1. The van der Waals surface area contributed by atoms with Gasteiger partial charge in [0.05, 0.1) is 0 Å². The maximum Gasteiger partial charge on any atom is 0.249 e. The molecule has 1 aliphatic heterocycles. The van der Waals surface area contributed by atoms with Gasteiger partial charge in [0.25, 0.3) is 0 Å². The van der Waals surface area contributed by atoms with Crippen molar-refractivity contribution in [1.29, 1.82) is 0 Å². The summed E-state index contributed by atoms with van der Waals surface area (Å²) in [4.78, 5) is 25.0. The van der Waals surface area contributed by atoms with Crippen molar-refractivity contribution in [2.75, 3.05) is 13.1 Å². The number of hydrogen-bond acceptors (Lipinski definition) is 3. The fourth-order valence-electron chi connectivity index (χ4n) is 3.46. The fourth-order valence-corrected chi connectivity index (χ4v) is 3.46. The molecule has 0 bridgehead atoms. The standard InChI is InChI=1S/C20H22N2O2/c1-13(14-6-3-2-4-7-14)19(23)16-8-5-9-17(20(21)24)18(16)15-10-11-22-12-15/h2-9,13,15,22H,10-12H2,1H3,(H2,21,24). The summed E-state index contributed by atoms with van der Waals surface area (Å²) < 4.78 is 0. The number of hydrogen-bond donors (Lipinski definition) is 2. The smallest absolute Gasteiger partial charge is 0.249 e. The minimum absolute atomic E-state index is 0.0335. The summed E-state index contributed by atoms with van der Waals surface area (Å²) in [6.07, 6.45) is 0.907. The number of nitrogens with one attached hydrogen (secondary N) is 1. The Morgan fingerprint density at radius 1 is 1.08 bits per heavy atom. The molecular weight excluding hydrogens is 300 g/mol. The molecule has 0 saturated carbocycles. The lowest BCUT2D eigenvalue weighted by atomic mass is 9.83. The van der Waals surface area contributed by atoms with E-state index in [1.165, 1.54) is 0 Å². The first kappa shape index (κ1) is 16.4. The van der Waals surface area contributed by atoms with Crippen molar-refractivity contribution in [1.82, 2.24) is 5.32 Å². The molecular formula is C20H22N2O2. The highest BCUT2D eigenvalue weighted by Crippen LogP contribution is 2.32. The summed E-state index contributed by atoms with van der Waals surface area (Å²) in [7, 11) is 0. The van der Waals surface area contributed by atoms with Crippen LogP contribution in [0, 0.1) is 0 Å². The summed E-state index contributed by atoms with van der Waals surface area (Å²) in [6, 6.07) is 15.0. The molecule has 2 aromatic carbocycles. The zero-order valence-corrected chi connectivity index (χ0v) is 13.8. The van der Waals surface area contributed by atoms with Gasteiger partial charge < -0.3 is 11.1 Å². The van der Waals surface area contributed by atoms with Gasteiger partial charge in [0.1, 0.15) is 0 Å². The number of nitrogens with two attached hydrogens (primary N) is 1. The Hall–Kier alpha value is -2.46. The Morgan fingerprint density at radius 3 is 2.42 bits per heavy atom. The van der Waals surface area contributed by atoms with Crippen molar-refractivity contribution < 1.29 is 9.59 Å². The highest BCUT2D eigenvalue weighted by atomic mass is 16.1. The molecule has 4 heteroatoms. The van der Waals surface area contributed by atoms with Crippen LogP contribution >= 0.6 is 0 Å². The molecule has 1 heterocycles. The van der Waals surface area contributed by atoms with Crippen LogP contribution in [0.4, 0.5) is 0 Å². The van der Waals surface area contributed by atoms with E-state index in [9.17, 15) is 9.59 Å². The van der Waals surface area contributed by atoms with Crippen molar-refractivity contribution in [3.05, 3.63) is 70.8 Å². The van der Waals surface area contributed by atoms with Crippen molar-refractivity contribution >= 4 is 11.7 Å². The van der Waals surface area contributed by atoms with Crippen molar-refractivity contribution in [3.8, 4) is 0 Å². The monoisotopic (exact) mass is 322 g/mol. The van der Waals surface area contributed by atoms with E-state index in [1.807, 2.05) is 43.3 Å². The topological polar surface area (TPSA) is 72.2 Å². The number of ketones is 1. The van der Waals surface area contributed by atoms with Gasteiger partial charge in [-0.25, -0.2) is 0 Å². The van der Waals surface area contributed by atoms with Gasteiger partial charge in [-0.05, 0) is 36.1 Å².